The Hall–Kier alpha value is -4.80. The topological polar surface area (TPSA) is 123 Å². The molecule has 5 rings (SSSR count). The highest BCUT2D eigenvalue weighted by Gasteiger charge is 2.21. The SMILES string of the molecule is COc1nc2c(OC(C)c3c(Cl)ccc(-n4cccc4CNC(=O)/C=C/c4ccc(NC(C)=O)nc4)c3Cl)cccc2[nH]1. The largest absolute Gasteiger partial charge is 0.484 e. The summed E-state index contributed by atoms with van der Waals surface area (Å²) in [6.07, 6.45) is 5.98. The van der Waals surface area contributed by atoms with Crippen molar-refractivity contribution in [2.75, 3.05) is 12.4 Å². The molecule has 43 heavy (non-hydrogen) atoms. The Balaban J connectivity index is 1.30. The van der Waals surface area contributed by atoms with E-state index in [1.54, 1.807) is 30.5 Å². The van der Waals surface area contributed by atoms with Gasteiger partial charge in [-0.3, -0.25) is 9.59 Å². The molecule has 220 valence electrons. The molecule has 1 atom stereocenters. The van der Waals surface area contributed by atoms with Gasteiger partial charge < -0.3 is 29.7 Å². The highest BCUT2D eigenvalue weighted by molar-refractivity contribution is 6.37. The first kappa shape index (κ1) is 29.7. The minimum absolute atomic E-state index is 0.205. The predicted molar refractivity (Wildman–Crippen MR) is 167 cm³/mol. The number of H-pyrrole nitrogens is 1. The van der Waals surface area contributed by atoms with Gasteiger partial charge in [0.25, 0.3) is 6.01 Å². The number of benzene rings is 2. The first-order valence-electron chi connectivity index (χ1n) is 13.3. The molecule has 0 spiro atoms. The number of imidazole rings is 1. The number of ether oxygens (including phenoxy) is 2. The van der Waals surface area contributed by atoms with E-state index in [2.05, 4.69) is 25.6 Å². The van der Waals surface area contributed by atoms with E-state index in [1.165, 1.54) is 20.1 Å². The van der Waals surface area contributed by atoms with Crippen LogP contribution < -0.4 is 20.1 Å². The van der Waals surface area contributed by atoms with Crippen molar-refractivity contribution < 1.29 is 19.1 Å². The fourth-order valence-corrected chi connectivity index (χ4v) is 5.27. The molecule has 10 nitrogen and oxygen atoms in total. The van der Waals surface area contributed by atoms with Crippen LogP contribution in [0.1, 0.15) is 36.8 Å². The van der Waals surface area contributed by atoms with E-state index in [4.69, 9.17) is 32.7 Å². The van der Waals surface area contributed by atoms with Gasteiger partial charge in [0.05, 0.1) is 29.9 Å². The van der Waals surface area contributed by atoms with Crippen LogP contribution in [0.3, 0.4) is 0 Å². The van der Waals surface area contributed by atoms with Crippen molar-refractivity contribution in [2.45, 2.75) is 26.5 Å². The molecule has 0 aliphatic rings. The summed E-state index contributed by atoms with van der Waals surface area (Å²) in [6, 6.07) is 16.7. The van der Waals surface area contributed by atoms with Gasteiger partial charge in [0.1, 0.15) is 23.2 Å². The number of halogens is 2. The molecule has 2 amide bonds. The third kappa shape index (κ3) is 6.82. The number of amides is 2. The Bertz CT molecular complexity index is 1810. The minimum Gasteiger partial charge on any atom is -0.484 e. The van der Waals surface area contributed by atoms with E-state index in [-0.39, 0.29) is 18.4 Å². The van der Waals surface area contributed by atoms with E-state index in [0.29, 0.717) is 50.0 Å². The van der Waals surface area contributed by atoms with Crippen molar-refractivity contribution in [3.63, 3.8) is 0 Å². The lowest BCUT2D eigenvalue weighted by Crippen LogP contribution is -2.21. The quantitative estimate of drug-likeness (QED) is 0.154. The van der Waals surface area contributed by atoms with Crippen LogP contribution in [0, 0.1) is 0 Å². The van der Waals surface area contributed by atoms with E-state index in [9.17, 15) is 9.59 Å². The summed E-state index contributed by atoms with van der Waals surface area (Å²) >= 11 is 13.6. The number of para-hydroxylation sites is 1. The number of pyridine rings is 1. The van der Waals surface area contributed by atoms with Crippen LogP contribution in [0.25, 0.3) is 22.8 Å². The van der Waals surface area contributed by atoms with Crippen molar-refractivity contribution in [1.29, 1.82) is 0 Å². The number of nitrogens with one attached hydrogen (secondary N) is 3. The molecule has 0 aliphatic carbocycles. The van der Waals surface area contributed by atoms with Gasteiger partial charge in [-0.05, 0) is 67.1 Å². The van der Waals surface area contributed by atoms with E-state index < -0.39 is 6.10 Å². The van der Waals surface area contributed by atoms with Crippen LogP contribution in [0.15, 0.2) is 73.1 Å². The van der Waals surface area contributed by atoms with Gasteiger partial charge >= 0.3 is 0 Å². The number of carbonyl (C=O) groups is 2. The number of methoxy groups -OCH3 is 1. The van der Waals surface area contributed by atoms with Gasteiger partial charge in [-0.15, -0.1) is 0 Å². The molecule has 3 aromatic heterocycles. The van der Waals surface area contributed by atoms with E-state index in [1.807, 2.05) is 54.1 Å². The number of nitrogens with zero attached hydrogens (tertiary/aromatic N) is 3. The zero-order valence-corrected chi connectivity index (χ0v) is 25.0. The van der Waals surface area contributed by atoms with Crippen molar-refractivity contribution >= 4 is 57.9 Å². The number of fused-ring (bicyclic) bond motifs is 1. The zero-order valence-electron chi connectivity index (χ0n) is 23.5. The third-order valence-corrected chi connectivity index (χ3v) is 7.24. The average Bonchev–Trinajstić information content (AvgIpc) is 3.63. The van der Waals surface area contributed by atoms with E-state index >= 15 is 0 Å². The van der Waals surface area contributed by atoms with Crippen LogP contribution in [0.4, 0.5) is 5.82 Å². The molecule has 12 heteroatoms. The molecule has 0 aliphatic heterocycles. The molecular formula is C31H28Cl2N6O4. The molecule has 5 aromatic rings. The third-order valence-electron chi connectivity index (χ3n) is 6.52. The first-order valence-corrected chi connectivity index (χ1v) is 14.0. The second-order valence-electron chi connectivity index (χ2n) is 9.53. The predicted octanol–water partition coefficient (Wildman–Crippen LogP) is 6.49. The maximum absolute atomic E-state index is 12.6. The normalized spacial score (nSPS) is 11.9. The first-order chi connectivity index (χ1) is 20.7. The monoisotopic (exact) mass is 618 g/mol. The Kier molecular flexibility index (Phi) is 8.98. The summed E-state index contributed by atoms with van der Waals surface area (Å²) in [6.45, 7) is 3.53. The van der Waals surface area contributed by atoms with Crippen LogP contribution in [-0.2, 0) is 16.1 Å². The molecule has 0 saturated heterocycles. The summed E-state index contributed by atoms with van der Waals surface area (Å²) in [5.74, 6) is 0.505. The van der Waals surface area contributed by atoms with Crippen LogP contribution in [0.5, 0.6) is 11.8 Å². The van der Waals surface area contributed by atoms with Gasteiger partial charge in [-0.1, -0.05) is 29.3 Å². The van der Waals surface area contributed by atoms with Gasteiger partial charge in [-0.2, -0.15) is 4.98 Å². The van der Waals surface area contributed by atoms with Crippen LogP contribution in [-0.4, -0.2) is 38.4 Å². The maximum atomic E-state index is 12.6. The van der Waals surface area contributed by atoms with Gasteiger partial charge in [0, 0.05) is 41.7 Å². The fraction of sp³-hybridized carbons (Fsp3) is 0.161. The number of aromatic nitrogens is 4. The lowest BCUT2D eigenvalue weighted by atomic mass is 10.1. The van der Waals surface area contributed by atoms with Gasteiger partial charge in [0.15, 0.2) is 0 Å². The number of rotatable bonds is 10. The number of hydrogen-bond acceptors (Lipinski definition) is 6. The number of anilines is 1. The Morgan fingerprint density at radius 1 is 1.12 bits per heavy atom. The highest BCUT2D eigenvalue weighted by atomic mass is 35.5. The summed E-state index contributed by atoms with van der Waals surface area (Å²) in [4.78, 5) is 35.4. The summed E-state index contributed by atoms with van der Waals surface area (Å²) in [7, 11) is 1.54. The molecule has 1 unspecified atom stereocenters. The molecule has 0 saturated carbocycles. The molecule has 2 aromatic carbocycles. The Labute approximate surface area is 257 Å². The molecular weight excluding hydrogens is 591 g/mol. The number of carbonyl (C=O) groups excluding carboxylic acids is 2. The zero-order chi connectivity index (χ0) is 30.5. The summed E-state index contributed by atoms with van der Waals surface area (Å²) in [5, 5.41) is 6.37. The second kappa shape index (κ2) is 13.0. The van der Waals surface area contributed by atoms with Crippen molar-refractivity contribution in [1.82, 2.24) is 24.8 Å². The molecule has 0 radical (unpaired) electrons. The minimum atomic E-state index is -0.515. The van der Waals surface area contributed by atoms with Crippen molar-refractivity contribution in [2.24, 2.45) is 0 Å². The molecule has 3 heterocycles. The van der Waals surface area contributed by atoms with E-state index in [0.717, 1.165) is 11.2 Å². The highest BCUT2D eigenvalue weighted by Crippen LogP contribution is 2.38. The molecule has 3 N–H and O–H groups in total. The van der Waals surface area contributed by atoms with Gasteiger partial charge in [-0.25, -0.2) is 4.98 Å². The average molecular weight is 620 g/mol. The lowest BCUT2D eigenvalue weighted by molar-refractivity contribution is -0.116. The van der Waals surface area contributed by atoms with Gasteiger partial charge in [0.2, 0.25) is 11.8 Å². The molecule has 0 fully saturated rings. The molecule has 0 bridgehead atoms. The summed E-state index contributed by atoms with van der Waals surface area (Å²) in [5.41, 5.74) is 4.23. The maximum Gasteiger partial charge on any atom is 0.294 e. The standard InChI is InChI=1S/C31H28Cl2N6O4/c1-18(43-25-8-4-7-23-30(25)38-31(37-23)42-3)28-22(32)11-12-24(29(28)33)39-15-5-6-21(39)17-35-27(41)14-10-20-9-13-26(34-16-20)36-19(2)40/h4-16,18H,17H2,1-3H3,(H,35,41)(H,37,38)(H,34,36,40)/b14-10+. The Morgan fingerprint density at radius 2 is 1.95 bits per heavy atom. The van der Waals surface area contributed by atoms with Crippen LogP contribution in [0.2, 0.25) is 10.0 Å². The lowest BCUT2D eigenvalue weighted by Gasteiger charge is -2.21. The van der Waals surface area contributed by atoms with Crippen LogP contribution >= 0.6 is 23.2 Å². The van der Waals surface area contributed by atoms with Crippen molar-refractivity contribution in [3.05, 3.63) is 99.9 Å². The fourth-order valence-electron chi connectivity index (χ4n) is 4.50. The Morgan fingerprint density at radius 3 is 2.70 bits per heavy atom. The summed E-state index contributed by atoms with van der Waals surface area (Å²) < 4.78 is 13.4. The van der Waals surface area contributed by atoms with Crippen molar-refractivity contribution in [3.8, 4) is 17.4 Å². The number of aromatic amines is 1. The second-order valence-corrected chi connectivity index (χ2v) is 10.3. The smallest absolute Gasteiger partial charge is 0.294 e. The number of hydrogen-bond donors (Lipinski definition) is 3.